The first-order valence-electron chi connectivity index (χ1n) is 10.0. The molecule has 1 saturated carbocycles. The van der Waals surface area contributed by atoms with Crippen LogP contribution < -0.4 is 10.6 Å². The van der Waals surface area contributed by atoms with Crippen molar-refractivity contribution in [2.45, 2.75) is 44.6 Å². The van der Waals surface area contributed by atoms with Crippen molar-refractivity contribution in [3.05, 3.63) is 54.2 Å². The zero-order chi connectivity index (χ0) is 21.6. The topological polar surface area (TPSA) is 132 Å². The summed E-state index contributed by atoms with van der Waals surface area (Å²) in [4.78, 5) is 31.5. The van der Waals surface area contributed by atoms with Crippen LogP contribution in [0.2, 0.25) is 0 Å². The van der Waals surface area contributed by atoms with E-state index in [2.05, 4.69) is 30.8 Å². The van der Waals surface area contributed by atoms with Gasteiger partial charge in [0.25, 0.3) is 0 Å². The van der Waals surface area contributed by atoms with Gasteiger partial charge in [-0.3, -0.25) is 14.9 Å². The van der Waals surface area contributed by atoms with Crippen LogP contribution in [0.4, 0.5) is 17.7 Å². The van der Waals surface area contributed by atoms with E-state index in [4.69, 9.17) is 9.15 Å². The van der Waals surface area contributed by atoms with Crippen LogP contribution in [0.25, 0.3) is 0 Å². The normalized spacial score (nSPS) is 18.2. The fraction of sp³-hybridized carbons (Fsp3) is 0.333. The monoisotopic (exact) mass is 422 g/mol. The molecule has 0 atom stereocenters. The standard InChI is InChI=1S/C21H22N6O4/c1-13(28)30-17-9-5-15(6-10-17)14-3-7-16(8-4-14)24-18(29)19-26-27-21(31-19)25-20-22-11-2-12-23-20/h2-4,7-8,11-12,15,17H,5-6,9-10H2,1H3,(H,24,29)(H,22,23,25,27). The summed E-state index contributed by atoms with van der Waals surface area (Å²) in [6.07, 6.45) is 6.81. The van der Waals surface area contributed by atoms with Gasteiger partial charge in [0.1, 0.15) is 6.10 Å². The van der Waals surface area contributed by atoms with Crippen molar-refractivity contribution < 1.29 is 18.7 Å². The van der Waals surface area contributed by atoms with E-state index in [9.17, 15) is 9.59 Å². The molecule has 1 aliphatic rings. The molecule has 2 aromatic heterocycles. The second kappa shape index (κ2) is 9.33. The molecule has 10 heteroatoms. The Bertz CT molecular complexity index is 1030. The van der Waals surface area contributed by atoms with Gasteiger partial charge in [0, 0.05) is 25.0 Å². The van der Waals surface area contributed by atoms with Crippen molar-refractivity contribution in [3.63, 3.8) is 0 Å². The van der Waals surface area contributed by atoms with Gasteiger partial charge >= 0.3 is 23.8 Å². The van der Waals surface area contributed by atoms with Crippen molar-refractivity contribution in [2.24, 2.45) is 0 Å². The summed E-state index contributed by atoms with van der Waals surface area (Å²) < 4.78 is 10.6. The summed E-state index contributed by atoms with van der Waals surface area (Å²) in [5.74, 6) is -0.200. The minimum absolute atomic E-state index is 0.0227. The first-order chi connectivity index (χ1) is 15.1. The number of carbonyl (C=O) groups excluding carboxylic acids is 2. The van der Waals surface area contributed by atoms with Crippen molar-refractivity contribution in [3.8, 4) is 0 Å². The Labute approximate surface area is 178 Å². The number of anilines is 3. The molecule has 3 aromatic rings. The third kappa shape index (κ3) is 5.41. The molecule has 10 nitrogen and oxygen atoms in total. The van der Waals surface area contributed by atoms with E-state index >= 15 is 0 Å². The fourth-order valence-corrected chi connectivity index (χ4v) is 3.60. The van der Waals surface area contributed by atoms with Crippen LogP contribution >= 0.6 is 0 Å². The van der Waals surface area contributed by atoms with Crippen LogP contribution in [0.15, 0.2) is 47.1 Å². The van der Waals surface area contributed by atoms with Gasteiger partial charge < -0.3 is 14.5 Å². The highest BCUT2D eigenvalue weighted by molar-refractivity contribution is 6.00. The van der Waals surface area contributed by atoms with Gasteiger partial charge in [0.05, 0.1) is 0 Å². The molecule has 1 amide bonds. The van der Waals surface area contributed by atoms with E-state index in [1.54, 1.807) is 18.5 Å². The Morgan fingerprint density at radius 3 is 2.42 bits per heavy atom. The Hall–Kier alpha value is -3.82. The molecule has 1 aliphatic carbocycles. The summed E-state index contributed by atoms with van der Waals surface area (Å²) in [7, 11) is 0. The van der Waals surface area contributed by atoms with E-state index in [-0.39, 0.29) is 29.9 Å². The largest absolute Gasteiger partial charge is 0.463 e. The molecule has 0 spiro atoms. The van der Waals surface area contributed by atoms with Crippen molar-refractivity contribution >= 4 is 29.5 Å². The second-order valence-electron chi connectivity index (χ2n) is 7.27. The van der Waals surface area contributed by atoms with Crippen LogP contribution in [-0.2, 0) is 9.53 Å². The third-order valence-corrected chi connectivity index (χ3v) is 5.05. The van der Waals surface area contributed by atoms with Crippen LogP contribution in [0, 0.1) is 0 Å². The average molecular weight is 422 g/mol. The number of aromatic nitrogens is 4. The van der Waals surface area contributed by atoms with Gasteiger partial charge in [0.2, 0.25) is 5.95 Å². The molecular formula is C21H22N6O4. The first-order valence-corrected chi connectivity index (χ1v) is 10.0. The number of hydrogen-bond acceptors (Lipinski definition) is 9. The molecular weight excluding hydrogens is 400 g/mol. The molecule has 0 unspecified atom stereocenters. The minimum Gasteiger partial charge on any atom is -0.463 e. The molecule has 0 radical (unpaired) electrons. The van der Waals surface area contributed by atoms with Crippen LogP contribution in [-0.4, -0.2) is 38.1 Å². The van der Waals surface area contributed by atoms with Gasteiger partial charge in [-0.2, -0.15) is 0 Å². The van der Waals surface area contributed by atoms with Gasteiger partial charge in [-0.05, 0) is 55.4 Å². The molecule has 0 bridgehead atoms. The molecule has 1 fully saturated rings. The highest BCUT2D eigenvalue weighted by Crippen LogP contribution is 2.34. The molecule has 160 valence electrons. The van der Waals surface area contributed by atoms with Crippen molar-refractivity contribution in [2.75, 3.05) is 10.6 Å². The molecule has 4 rings (SSSR count). The SMILES string of the molecule is CC(=O)OC1CCC(c2ccc(NC(=O)c3nnc(Nc4ncccn4)o3)cc2)CC1. The second-order valence-corrected chi connectivity index (χ2v) is 7.27. The van der Waals surface area contributed by atoms with Gasteiger partial charge in [-0.1, -0.05) is 17.2 Å². The lowest BCUT2D eigenvalue weighted by molar-refractivity contribution is -0.147. The zero-order valence-corrected chi connectivity index (χ0v) is 16.9. The highest BCUT2D eigenvalue weighted by Gasteiger charge is 2.24. The van der Waals surface area contributed by atoms with Crippen LogP contribution in [0.3, 0.4) is 0 Å². The number of nitrogens with one attached hydrogen (secondary N) is 2. The molecule has 0 saturated heterocycles. The highest BCUT2D eigenvalue weighted by atomic mass is 16.5. The Balaban J connectivity index is 1.31. The minimum atomic E-state index is -0.510. The number of esters is 1. The Morgan fingerprint density at radius 1 is 1.03 bits per heavy atom. The summed E-state index contributed by atoms with van der Waals surface area (Å²) in [5.41, 5.74) is 1.83. The fourth-order valence-electron chi connectivity index (χ4n) is 3.60. The molecule has 2 heterocycles. The number of nitrogens with zero attached hydrogens (tertiary/aromatic N) is 4. The maximum atomic E-state index is 12.4. The molecule has 31 heavy (non-hydrogen) atoms. The van der Waals surface area contributed by atoms with E-state index in [0.717, 1.165) is 25.7 Å². The maximum Gasteiger partial charge on any atom is 0.322 e. The molecule has 0 aliphatic heterocycles. The van der Waals surface area contributed by atoms with Gasteiger partial charge in [0.15, 0.2) is 0 Å². The Morgan fingerprint density at radius 2 is 1.74 bits per heavy atom. The van der Waals surface area contributed by atoms with Crippen molar-refractivity contribution in [1.29, 1.82) is 0 Å². The van der Waals surface area contributed by atoms with Crippen LogP contribution in [0.1, 0.15) is 54.8 Å². The molecule has 2 N–H and O–H groups in total. The summed E-state index contributed by atoms with van der Waals surface area (Å²) in [6, 6.07) is 9.39. The lowest BCUT2D eigenvalue weighted by atomic mass is 9.82. The Kier molecular flexibility index (Phi) is 6.16. The number of hydrogen-bond donors (Lipinski definition) is 2. The van der Waals surface area contributed by atoms with E-state index in [1.165, 1.54) is 12.5 Å². The third-order valence-electron chi connectivity index (χ3n) is 5.05. The number of amides is 1. The number of benzene rings is 1. The maximum absolute atomic E-state index is 12.4. The summed E-state index contributed by atoms with van der Waals surface area (Å²) in [6.45, 7) is 1.45. The smallest absolute Gasteiger partial charge is 0.322 e. The quantitative estimate of drug-likeness (QED) is 0.573. The predicted molar refractivity (Wildman–Crippen MR) is 111 cm³/mol. The first kappa shape index (κ1) is 20.5. The zero-order valence-electron chi connectivity index (χ0n) is 16.9. The van der Waals surface area contributed by atoms with E-state index in [0.29, 0.717) is 11.6 Å². The number of carbonyl (C=O) groups is 2. The van der Waals surface area contributed by atoms with Gasteiger partial charge in [-0.25, -0.2) is 9.97 Å². The summed E-state index contributed by atoms with van der Waals surface area (Å²) in [5, 5.41) is 13.0. The number of ether oxygens (including phenoxy) is 1. The average Bonchev–Trinajstić information content (AvgIpc) is 3.24. The summed E-state index contributed by atoms with van der Waals surface area (Å²) >= 11 is 0. The van der Waals surface area contributed by atoms with Gasteiger partial charge in [-0.15, -0.1) is 5.10 Å². The van der Waals surface area contributed by atoms with Crippen molar-refractivity contribution in [1.82, 2.24) is 20.2 Å². The van der Waals surface area contributed by atoms with E-state index in [1.807, 2.05) is 24.3 Å². The molecule has 1 aromatic carbocycles. The lowest BCUT2D eigenvalue weighted by Gasteiger charge is -2.28. The number of rotatable bonds is 6. The van der Waals surface area contributed by atoms with Crippen LogP contribution in [0.5, 0.6) is 0 Å². The van der Waals surface area contributed by atoms with E-state index < -0.39 is 5.91 Å². The predicted octanol–water partition coefficient (Wildman–Crippen LogP) is 3.44. The lowest BCUT2D eigenvalue weighted by Crippen LogP contribution is -2.22.